The van der Waals surface area contributed by atoms with Crippen molar-refractivity contribution < 1.29 is 0 Å². The van der Waals surface area contributed by atoms with Crippen LogP contribution in [0.15, 0.2) is 27.8 Å². The Balaban J connectivity index is 2.67. The lowest BCUT2D eigenvalue weighted by Crippen LogP contribution is -2.36. The molecule has 6 heteroatoms. The highest BCUT2D eigenvalue weighted by atomic mass is 16.2. The monoisotopic (exact) mass is 256 g/mol. The maximum absolute atomic E-state index is 12.1. The summed E-state index contributed by atoms with van der Waals surface area (Å²) < 4.78 is 2.72. The molecule has 0 saturated heterocycles. The Morgan fingerprint density at radius 3 is 2.53 bits per heavy atom. The van der Waals surface area contributed by atoms with Gasteiger partial charge in [0.2, 0.25) is 0 Å². The van der Waals surface area contributed by atoms with E-state index >= 15 is 0 Å². The first kappa shape index (κ1) is 11.6. The molecule has 0 spiro atoms. The van der Waals surface area contributed by atoms with E-state index in [9.17, 15) is 9.59 Å². The summed E-state index contributed by atoms with van der Waals surface area (Å²) in [4.78, 5) is 32.0. The third-order valence-electron chi connectivity index (χ3n) is 3.31. The van der Waals surface area contributed by atoms with Gasteiger partial charge in [0.1, 0.15) is 0 Å². The number of fused-ring (bicyclic) bond motifs is 2. The highest BCUT2D eigenvalue weighted by molar-refractivity contribution is 5.82. The van der Waals surface area contributed by atoms with Crippen LogP contribution in [0.1, 0.15) is 5.56 Å². The van der Waals surface area contributed by atoms with Crippen LogP contribution in [0.5, 0.6) is 0 Å². The number of aromatic nitrogens is 4. The van der Waals surface area contributed by atoms with E-state index in [4.69, 9.17) is 0 Å². The Morgan fingerprint density at radius 1 is 1.05 bits per heavy atom. The van der Waals surface area contributed by atoms with Gasteiger partial charge in [0.15, 0.2) is 11.5 Å². The number of benzene rings is 1. The summed E-state index contributed by atoms with van der Waals surface area (Å²) in [7, 11) is 3.18. The van der Waals surface area contributed by atoms with Gasteiger partial charge in [-0.2, -0.15) is 4.98 Å². The summed E-state index contributed by atoms with van der Waals surface area (Å²) in [6.45, 7) is 1.95. The smallest absolute Gasteiger partial charge is 0.325 e. The van der Waals surface area contributed by atoms with Crippen molar-refractivity contribution in [2.75, 3.05) is 0 Å². The van der Waals surface area contributed by atoms with Crippen molar-refractivity contribution in [2.24, 2.45) is 14.1 Å². The molecule has 96 valence electrons. The zero-order chi connectivity index (χ0) is 13.7. The molecule has 0 atom stereocenters. The van der Waals surface area contributed by atoms with Gasteiger partial charge in [-0.25, -0.2) is 9.78 Å². The van der Waals surface area contributed by atoms with Crippen LogP contribution in [-0.2, 0) is 14.1 Å². The van der Waals surface area contributed by atoms with Crippen molar-refractivity contribution in [2.45, 2.75) is 6.92 Å². The van der Waals surface area contributed by atoms with Crippen LogP contribution in [0.4, 0.5) is 0 Å². The zero-order valence-corrected chi connectivity index (χ0v) is 10.8. The summed E-state index contributed by atoms with van der Waals surface area (Å²) in [5, 5.41) is 0. The second-order valence-electron chi connectivity index (χ2n) is 4.54. The Kier molecular flexibility index (Phi) is 2.28. The van der Waals surface area contributed by atoms with Gasteiger partial charge in [-0.15, -0.1) is 0 Å². The Morgan fingerprint density at radius 2 is 1.79 bits per heavy atom. The number of rotatable bonds is 0. The highest BCUT2D eigenvalue weighted by Crippen LogP contribution is 2.21. The van der Waals surface area contributed by atoms with Crippen LogP contribution < -0.4 is 11.2 Å². The van der Waals surface area contributed by atoms with E-state index in [0.717, 1.165) is 15.6 Å². The zero-order valence-electron chi connectivity index (χ0n) is 10.8. The number of hydrogen-bond acceptors (Lipinski definition) is 4. The second kappa shape index (κ2) is 3.74. The first-order valence-electron chi connectivity index (χ1n) is 5.84. The lowest BCUT2D eigenvalue weighted by atomic mass is 10.2. The van der Waals surface area contributed by atoms with Crippen LogP contribution in [0.3, 0.4) is 0 Å². The van der Waals surface area contributed by atoms with Gasteiger partial charge in [0, 0.05) is 14.1 Å². The van der Waals surface area contributed by atoms with Gasteiger partial charge in [-0.1, -0.05) is 12.1 Å². The predicted octanol–water partition coefficient (Wildman–Crippen LogP) is 0.440. The Bertz CT molecular complexity index is 892. The van der Waals surface area contributed by atoms with Gasteiger partial charge in [-0.3, -0.25) is 9.36 Å². The molecule has 0 aliphatic carbocycles. The van der Waals surface area contributed by atoms with Gasteiger partial charge in [0.05, 0.1) is 11.0 Å². The van der Waals surface area contributed by atoms with E-state index < -0.39 is 11.2 Å². The predicted molar refractivity (Wildman–Crippen MR) is 71.4 cm³/mol. The Labute approximate surface area is 108 Å². The maximum Gasteiger partial charge on any atom is 0.352 e. The van der Waals surface area contributed by atoms with Crippen molar-refractivity contribution >= 4 is 11.0 Å². The molecule has 1 aromatic carbocycles. The fourth-order valence-electron chi connectivity index (χ4n) is 2.29. The lowest BCUT2D eigenvalue weighted by molar-refractivity contribution is 0.748. The molecule has 1 aromatic rings. The van der Waals surface area contributed by atoms with E-state index in [0.29, 0.717) is 11.3 Å². The molecule has 0 bridgehead atoms. The van der Waals surface area contributed by atoms with Crippen LogP contribution in [0.2, 0.25) is 0 Å². The van der Waals surface area contributed by atoms with Gasteiger partial charge < -0.3 is 4.57 Å². The van der Waals surface area contributed by atoms with Crippen molar-refractivity contribution in [3.8, 4) is 11.5 Å². The van der Waals surface area contributed by atoms with E-state index in [-0.39, 0.29) is 5.69 Å². The third kappa shape index (κ3) is 1.49. The molecule has 19 heavy (non-hydrogen) atoms. The molecule has 3 rings (SSSR count). The normalized spacial score (nSPS) is 11.3. The molecule has 2 aliphatic heterocycles. The van der Waals surface area contributed by atoms with Crippen LogP contribution >= 0.6 is 0 Å². The SMILES string of the molecule is Cc1cccc2nc3c(=O)n(C)c(=O)nc-3n(C)c12. The largest absolute Gasteiger partial charge is 0.352 e. The number of aryl methyl sites for hydroxylation is 2. The molecule has 0 radical (unpaired) electrons. The van der Waals surface area contributed by atoms with Crippen molar-refractivity contribution in [3.05, 3.63) is 44.6 Å². The average molecular weight is 256 g/mol. The minimum Gasteiger partial charge on any atom is -0.325 e. The summed E-state index contributed by atoms with van der Waals surface area (Å²) >= 11 is 0. The summed E-state index contributed by atoms with van der Waals surface area (Å²) in [6.07, 6.45) is 0. The molecule has 0 N–H and O–H groups in total. The van der Waals surface area contributed by atoms with E-state index in [1.165, 1.54) is 7.05 Å². The van der Waals surface area contributed by atoms with Gasteiger partial charge in [0.25, 0.3) is 5.56 Å². The average Bonchev–Trinajstić information content (AvgIpc) is 2.38. The molecule has 6 nitrogen and oxygen atoms in total. The fourth-order valence-corrected chi connectivity index (χ4v) is 2.29. The van der Waals surface area contributed by atoms with Crippen LogP contribution in [0.25, 0.3) is 22.6 Å². The first-order chi connectivity index (χ1) is 9.00. The fraction of sp³-hybridized carbons (Fsp3) is 0.231. The Hall–Kier alpha value is -2.50. The van der Waals surface area contributed by atoms with Crippen LogP contribution in [0, 0.1) is 6.92 Å². The summed E-state index contributed by atoms with van der Waals surface area (Å²) in [5.41, 5.74) is 1.83. The highest BCUT2D eigenvalue weighted by Gasteiger charge is 2.18. The third-order valence-corrected chi connectivity index (χ3v) is 3.31. The maximum atomic E-state index is 12.1. The van der Waals surface area contributed by atoms with Crippen LogP contribution in [-0.4, -0.2) is 19.1 Å². The molecule has 0 saturated carbocycles. The molecule has 0 fully saturated rings. The number of para-hydroxylation sites is 1. The number of nitrogens with zero attached hydrogens (tertiary/aromatic N) is 4. The molecule has 2 aliphatic rings. The quantitative estimate of drug-likeness (QED) is 0.547. The number of hydrogen-bond donors (Lipinski definition) is 0. The molecule has 0 aromatic heterocycles. The molecule has 0 amide bonds. The van der Waals surface area contributed by atoms with Crippen molar-refractivity contribution in [1.82, 2.24) is 19.1 Å². The standard InChI is InChI=1S/C13H12N4O2/c1-7-5-4-6-8-10(7)16(2)11-9(14-8)12(18)17(3)13(19)15-11/h4-6H,1-3H3. The minimum atomic E-state index is -0.567. The van der Waals surface area contributed by atoms with E-state index in [2.05, 4.69) is 9.97 Å². The van der Waals surface area contributed by atoms with Gasteiger partial charge >= 0.3 is 5.69 Å². The summed E-state index contributed by atoms with van der Waals surface area (Å²) in [6, 6.07) is 5.68. The molecular weight excluding hydrogens is 244 g/mol. The van der Waals surface area contributed by atoms with Gasteiger partial charge in [-0.05, 0) is 18.6 Å². The van der Waals surface area contributed by atoms with E-state index in [1.54, 1.807) is 11.6 Å². The molecular formula is C13H12N4O2. The minimum absolute atomic E-state index is 0.211. The topological polar surface area (TPSA) is 69.8 Å². The second-order valence-corrected chi connectivity index (χ2v) is 4.54. The first-order valence-corrected chi connectivity index (χ1v) is 5.84. The van der Waals surface area contributed by atoms with Crippen molar-refractivity contribution in [3.63, 3.8) is 0 Å². The van der Waals surface area contributed by atoms with Crippen molar-refractivity contribution in [1.29, 1.82) is 0 Å². The summed E-state index contributed by atoms with van der Waals surface area (Å²) in [5.74, 6) is 0.315. The lowest BCUT2D eigenvalue weighted by Gasteiger charge is -2.14. The van der Waals surface area contributed by atoms with E-state index in [1.807, 2.05) is 25.1 Å². The molecule has 2 heterocycles. The molecule has 0 unspecified atom stereocenters.